The van der Waals surface area contributed by atoms with Gasteiger partial charge < -0.3 is 0 Å². The van der Waals surface area contributed by atoms with Crippen molar-refractivity contribution in [2.45, 2.75) is 25.9 Å². The summed E-state index contributed by atoms with van der Waals surface area (Å²) in [4.78, 5) is 16.9. The number of carbonyl (C=O) groups is 1. The molecule has 1 N–H and O–H groups in total. The molecule has 3 nitrogen and oxygen atoms in total. The van der Waals surface area contributed by atoms with Crippen molar-refractivity contribution in [1.29, 1.82) is 0 Å². The Hall–Kier alpha value is -1.61. The third kappa shape index (κ3) is 3.71. The van der Waals surface area contributed by atoms with Gasteiger partial charge in [-0.05, 0) is 24.8 Å². The quantitative estimate of drug-likeness (QED) is 0.639. The molecule has 0 saturated heterocycles. The first-order valence-corrected chi connectivity index (χ1v) is 5.97. The Bertz CT molecular complexity index is 386. The Morgan fingerprint density at radius 3 is 2.82 bits per heavy atom. The van der Waals surface area contributed by atoms with Crippen molar-refractivity contribution in [2.24, 2.45) is 5.92 Å². The molecule has 0 spiro atoms. The van der Waals surface area contributed by atoms with E-state index in [0.717, 1.165) is 24.8 Å². The predicted molar refractivity (Wildman–Crippen MR) is 65.9 cm³/mol. The largest absolute Gasteiger partial charge is 0.272 e. The molecule has 1 aromatic carbocycles. The number of hydrogen-bond acceptors (Lipinski definition) is 2. The van der Waals surface area contributed by atoms with E-state index in [1.54, 1.807) is 0 Å². The lowest BCUT2D eigenvalue weighted by Gasteiger charge is -2.16. The van der Waals surface area contributed by atoms with Gasteiger partial charge in [-0.3, -0.25) is 9.63 Å². The van der Waals surface area contributed by atoms with Gasteiger partial charge in [0.05, 0.1) is 6.61 Å². The zero-order chi connectivity index (χ0) is 11.9. The fraction of sp³-hybridized carbons (Fsp3) is 0.357. The monoisotopic (exact) mass is 231 g/mol. The van der Waals surface area contributed by atoms with Gasteiger partial charge in [-0.2, -0.15) is 0 Å². The van der Waals surface area contributed by atoms with E-state index in [-0.39, 0.29) is 11.8 Å². The van der Waals surface area contributed by atoms with Crippen LogP contribution in [0.3, 0.4) is 0 Å². The minimum Gasteiger partial charge on any atom is -0.272 e. The molecule has 0 bridgehead atoms. The zero-order valence-electron chi connectivity index (χ0n) is 9.76. The fourth-order valence-electron chi connectivity index (χ4n) is 1.88. The van der Waals surface area contributed by atoms with Gasteiger partial charge in [-0.1, -0.05) is 42.5 Å². The number of hydroxylamine groups is 1. The first kappa shape index (κ1) is 11.9. The van der Waals surface area contributed by atoms with Crippen LogP contribution in [0.2, 0.25) is 0 Å². The summed E-state index contributed by atoms with van der Waals surface area (Å²) in [6.45, 7) is 0.412. The highest BCUT2D eigenvalue weighted by molar-refractivity contribution is 5.77. The second-order valence-corrected chi connectivity index (χ2v) is 4.22. The van der Waals surface area contributed by atoms with Crippen LogP contribution in [-0.2, 0) is 16.2 Å². The van der Waals surface area contributed by atoms with Crippen LogP contribution in [0.25, 0.3) is 0 Å². The van der Waals surface area contributed by atoms with E-state index in [1.807, 2.05) is 30.3 Å². The molecular weight excluding hydrogens is 214 g/mol. The van der Waals surface area contributed by atoms with Crippen molar-refractivity contribution in [3.05, 3.63) is 48.0 Å². The molecule has 1 aliphatic carbocycles. The summed E-state index contributed by atoms with van der Waals surface area (Å²) >= 11 is 0. The number of hydrogen-bond donors (Lipinski definition) is 1. The summed E-state index contributed by atoms with van der Waals surface area (Å²) in [6, 6.07) is 9.79. The van der Waals surface area contributed by atoms with Gasteiger partial charge >= 0.3 is 0 Å². The summed E-state index contributed by atoms with van der Waals surface area (Å²) in [7, 11) is 0. The molecule has 0 aromatic heterocycles. The standard InChI is InChI=1S/C14H17NO2/c16-14(13-9-5-2-6-10-13)15-17-11-12-7-3-1-4-8-12/h1-5,7-8,13H,6,9-11H2,(H,15,16). The number of amides is 1. The van der Waals surface area contributed by atoms with Crippen molar-refractivity contribution < 1.29 is 9.63 Å². The predicted octanol–water partition coefficient (Wildman–Crippen LogP) is 2.59. The molecule has 1 aromatic rings. The average molecular weight is 231 g/mol. The van der Waals surface area contributed by atoms with Crippen LogP contribution in [0.15, 0.2) is 42.5 Å². The molecule has 17 heavy (non-hydrogen) atoms. The highest BCUT2D eigenvalue weighted by Crippen LogP contribution is 2.17. The normalized spacial score (nSPS) is 18.9. The first-order valence-electron chi connectivity index (χ1n) is 5.97. The Morgan fingerprint density at radius 1 is 1.29 bits per heavy atom. The minimum absolute atomic E-state index is 0.00900. The van der Waals surface area contributed by atoms with Gasteiger partial charge in [-0.15, -0.1) is 0 Å². The van der Waals surface area contributed by atoms with Crippen molar-refractivity contribution in [3.63, 3.8) is 0 Å². The van der Waals surface area contributed by atoms with Gasteiger partial charge in [0.2, 0.25) is 5.91 Å². The van der Waals surface area contributed by atoms with Crippen LogP contribution in [0.1, 0.15) is 24.8 Å². The van der Waals surface area contributed by atoms with Crippen molar-refractivity contribution in [2.75, 3.05) is 0 Å². The van der Waals surface area contributed by atoms with Crippen molar-refractivity contribution in [3.8, 4) is 0 Å². The number of nitrogens with one attached hydrogen (secondary N) is 1. The highest BCUT2D eigenvalue weighted by atomic mass is 16.6. The van der Waals surface area contributed by atoms with Crippen LogP contribution in [0, 0.1) is 5.92 Å². The summed E-state index contributed by atoms with van der Waals surface area (Å²) in [6.07, 6.45) is 6.90. The molecular formula is C14H17NO2. The Balaban J connectivity index is 1.71. The lowest BCUT2D eigenvalue weighted by molar-refractivity contribution is -0.139. The number of allylic oxidation sites excluding steroid dienone is 2. The molecule has 1 atom stereocenters. The summed E-state index contributed by atoms with van der Waals surface area (Å²) in [5.41, 5.74) is 3.58. The zero-order valence-corrected chi connectivity index (χ0v) is 9.76. The van der Waals surface area contributed by atoms with Gasteiger partial charge in [-0.25, -0.2) is 5.48 Å². The Kier molecular flexibility index (Phi) is 4.33. The lowest BCUT2D eigenvalue weighted by atomic mass is 9.94. The van der Waals surface area contributed by atoms with E-state index in [4.69, 9.17) is 4.84 Å². The summed E-state index contributed by atoms with van der Waals surface area (Å²) in [5.74, 6) is 0.0565. The minimum atomic E-state index is -0.00900. The van der Waals surface area contributed by atoms with Gasteiger partial charge in [0.25, 0.3) is 0 Å². The highest BCUT2D eigenvalue weighted by Gasteiger charge is 2.18. The maximum Gasteiger partial charge on any atom is 0.246 e. The molecule has 0 aliphatic heterocycles. The summed E-state index contributed by atoms with van der Waals surface area (Å²) in [5, 5.41) is 0. The second-order valence-electron chi connectivity index (χ2n) is 4.22. The van der Waals surface area contributed by atoms with Gasteiger partial charge in [0, 0.05) is 5.92 Å². The molecule has 2 rings (SSSR count). The van der Waals surface area contributed by atoms with E-state index in [1.165, 1.54) is 0 Å². The van der Waals surface area contributed by atoms with Gasteiger partial charge in [0.15, 0.2) is 0 Å². The van der Waals surface area contributed by atoms with Crippen molar-refractivity contribution in [1.82, 2.24) is 5.48 Å². The van der Waals surface area contributed by atoms with Crippen LogP contribution in [0.5, 0.6) is 0 Å². The molecule has 90 valence electrons. The molecule has 0 saturated carbocycles. The van der Waals surface area contributed by atoms with Crippen LogP contribution in [0.4, 0.5) is 0 Å². The molecule has 0 fully saturated rings. The van der Waals surface area contributed by atoms with E-state index in [9.17, 15) is 4.79 Å². The molecule has 1 unspecified atom stereocenters. The topological polar surface area (TPSA) is 38.3 Å². The van der Waals surface area contributed by atoms with E-state index in [0.29, 0.717) is 6.61 Å². The molecule has 1 amide bonds. The SMILES string of the molecule is O=C(NOCc1ccccc1)C1CC=CCC1. The second kappa shape index (κ2) is 6.21. The van der Waals surface area contributed by atoms with Crippen LogP contribution in [-0.4, -0.2) is 5.91 Å². The Morgan fingerprint density at radius 2 is 2.12 bits per heavy atom. The van der Waals surface area contributed by atoms with Gasteiger partial charge in [0.1, 0.15) is 0 Å². The molecule has 0 heterocycles. The van der Waals surface area contributed by atoms with Crippen LogP contribution >= 0.6 is 0 Å². The maximum absolute atomic E-state index is 11.7. The number of carbonyl (C=O) groups excluding carboxylic acids is 1. The third-order valence-electron chi connectivity index (χ3n) is 2.89. The lowest BCUT2D eigenvalue weighted by Crippen LogP contribution is -2.31. The van der Waals surface area contributed by atoms with Crippen LogP contribution < -0.4 is 5.48 Å². The maximum atomic E-state index is 11.7. The van der Waals surface area contributed by atoms with E-state index < -0.39 is 0 Å². The molecule has 3 heteroatoms. The summed E-state index contributed by atoms with van der Waals surface area (Å²) < 4.78 is 0. The molecule has 0 radical (unpaired) electrons. The number of rotatable bonds is 4. The first-order chi connectivity index (χ1) is 8.36. The average Bonchev–Trinajstić information content (AvgIpc) is 2.41. The van der Waals surface area contributed by atoms with E-state index >= 15 is 0 Å². The number of benzene rings is 1. The smallest absolute Gasteiger partial charge is 0.246 e. The fourth-order valence-corrected chi connectivity index (χ4v) is 1.88. The Labute approximate surface area is 101 Å². The molecule has 1 aliphatic rings. The van der Waals surface area contributed by atoms with Crippen molar-refractivity contribution >= 4 is 5.91 Å². The van der Waals surface area contributed by atoms with E-state index in [2.05, 4.69) is 17.6 Å². The third-order valence-corrected chi connectivity index (χ3v) is 2.89.